The summed E-state index contributed by atoms with van der Waals surface area (Å²) in [7, 11) is -8.31. The molecule has 0 N–H and O–H groups in total. The van der Waals surface area contributed by atoms with E-state index in [1.54, 1.807) is 0 Å². The van der Waals surface area contributed by atoms with Gasteiger partial charge >= 0.3 is 15.2 Å². The van der Waals surface area contributed by atoms with Gasteiger partial charge in [0.25, 0.3) is 0 Å². The maximum atomic E-state index is 16.0. The van der Waals surface area contributed by atoms with Crippen LogP contribution in [0.15, 0.2) is 121 Å². The zero-order chi connectivity index (χ0) is 57.2. The third kappa shape index (κ3) is 14.0. The zero-order valence-corrected chi connectivity index (χ0v) is 52.7. The van der Waals surface area contributed by atoms with Crippen molar-refractivity contribution in [3.05, 3.63) is 166 Å². The van der Waals surface area contributed by atoms with E-state index in [1.807, 2.05) is 72.8 Å². The highest BCUT2D eigenvalue weighted by atomic mass is 31.2. The van der Waals surface area contributed by atoms with Crippen molar-refractivity contribution in [1.29, 1.82) is 0 Å². The predicted molar refractivity (Wildman–Crippen MR) is 324 cm³/mol. The number of hydrogen-bond donors (Lipinski definition) is 0. The second-order valence-electron chi connectivity index (χ2n) is 29.3. The Bertz CT molecular complexity index is 2760. The Kier molecular flexibility index (Phi) is 16.4. The van der Waals surface area contributed by atoms with E-state index in [9.17, 15) is 0 Å². The van der Waals surface area contributed by atoms with Crippen LogP contribution < -0.4 is 28.7 Å². The van der Waals surface area contributed by atoms with Crippen molar-refractivity contribution in [1.82, 2.24) is 0 Å². The van der Waals surface area contributed by atoms with Gasteiger partial charge in [-0.05, 0) is 125 Å². The summed E-state index contributed by atoms with van der Waals surface area (Å²) in [6.07, 6.45) is 0. The summed E-state index contributed by atoms with van der Waals surface area (Å²) in [5, 5.41) is 0.830. The molecule has 6 nitrogen and oxygen atoms in total. The number of rotatable bonds is 11. The maximum Gasteiger partial charge on any atom is 0.462 e. The summed E-state index contributed by atoms with van der Waals surface area (Å²) >= 11 is 0. The lowest BCUT2D eigenvalue weighted by Crippen LogP contribution is -2.22. The normalized spacial score (nSPS) is 13.6. The molecule has 410 valence electrons. The molecule has 0 heterocycles. The molecule has 0 bridgehead atoms. The van der Waals surface area contributed by atoms with Gasteiger partial charge in [0.15, 0.2) is 0 Å². The number of hydrogen-bond acceptors (Lipinski definition) is 6. The molecule has 6 aromatic rings. The standard InChI is InChI=1S/C68H92O6P2/c1-61(2,3)47-29-37-57(53(41-47)65(13,14)15)71-75(69,72-58-38-30-48(62(4,5)6)42-54(58)66(16,17)18)51-33-25-45(26-34-51)46-27-35-52(36-28-46)76(70,73-59-39-31-49(63(7,8)9)43-55(59)67(19,20)21)74-60-40-32-50(64(10,11)12)44-56(60)68(22,23)24/h25-44H,1-24H3. The van der Waals surface area contributed by atoms with Crippen LogP contribution in [0.5, 0.6) is 23.0 Å². The van der Waals surface area contributed by atoms with Gasteiger partial charge in [0.2, 0.25) is 0 Å². The molecule has 0 fully saturated rings. The summed E-state index contributed by atoms with van der Waals surface area (Å²) in [5.74, 6) is 2.06. The number of benzene rings is 6. The molecule has 0 aliphatic carbocycles. The minimum absolute atomic E-state index is 0.109. The molecule has 0 radical (unpaired) electrons. The van der Waals surface area contributed by atoms with Crippen molar-refractivity contribution in [3.63, 3.8) is 0 Å². The molecule has 0 saturated heterocycles. The van der Waals surface area contributed by atoms with Crippen LogP contribution in [0.1, 0.15) is 211 Å². The molecule has 8 heteroatoms. The Morgan fingerprint density at radius 3 is 0.592 bits per heavy atom. The third-order valence-electron chi connectivity index (χ3n) is 14.2. The highest BCUT2D eigenvalue weighted by Gasteiger charge is 2.39. The summed E-state index contributed by atoms with van der Waals surface area (Å²) in [6.45, 7) is 52.1. The molecule has 0 aliphatic heterocycles. The Hall–Kier alpha value is -5.02. The fraction of sp³-hybridized carbons (Fsp3) is 0.471. The SMILES string of the molecule is CC(C)(C)c1ccc(OP(=O)(Oc2ccc(C(C)(C)C)cc2C(C)(C)C)c2ccc(-c3ccc(P(=O)(Oc4ccc(C(C)(C)C)cc4C(C)(C)C)Oc4ccc(C(C)(C)C)cc4C(C)(C)C)cc3)cc2)c(C(C)(C)C)c1. The highest BCUT2D eigenvalue weighted by Crippen LogP contribution is 2.55. The largest absolute Gasteiger partial charge is 0.462 e. The van der Waals surface area contributed by atoms with Gasteiger partial charge in [-0.15, -0.1) is 0 Å². The first-order valence-corrected chi connectivity index (χ1v) is 30.3. The van der Waals surface area contributed by atoms with Gasteiger partial charge in [-0.1, -0.05) is 239 Å². The van der Waals surface area contributed by atoms with E-state index in [0.717, 1.165) is 55.6 Å². The van der Waals surface area contributed by atoms with Crippen LogP contribution in [0.2, 0.25) is 0 Å². The molecule has 0 saturated carbocycles. The first-order valence-electron chi connectivity index (χ1n) is 27.2. The first kappa shape index (κ1) is 60.2. The summed E-state index contributed by atoms with van der Waals surface area (Å²) < 4.78 is 59.4. The first-order chi connectivity index (χ1) is 34.4. The molecule has 6 rings (SSSR count). The Morgan fingerprint density at radius 1 is 0.250 bits per heavy atom. The molecule has 76 heavy (non-hydrogen) atoms. The van der Waals surface area contributed by atoms with E-state index in [-0.39, 0.29) is 43.3 Å². The topological polar surface area (TPSA) is 71.1 Å². The van der Waals surface area contributed by atoms with Gasteiger partial charge in [-0.2, -0.15) is 0 Å². The highest BCUT2D eigenvalue weighted by molar-refractivity contribution is 7.63. The Morgan fingerprint density at radius 2 is 0.434 bits per heavy atom. The Balaban J connectivity index is 1.48. The molecule has 0 amide bonds. The van der Waals surface area contributed by atoms with Crippen LogP contribution in [0.3, 0.4) is 0 Å². The van der Waals surface area contributed by atoms with Gasteiger partial charge in [-0.25, -0.2) is 9.13 Å². The second kappa shape index (κ2) is 20.7. The zero-order valence-electron chi connectivity index (χ0n) is 50.9. The van der Waals surface area contributed by atoms with Crippen molar-refractivity contribution in [3.8, 4) is 34.1 Å². The Labute approximate surface area is 460 Å². The van der Waals surface area contributed by atoms with Crippen molar-refractivity contribution in [2.24, 2.45) is 0 Å². The minimum Gasteiger partial charge on any atom is -0.412 e. The van der Waals surface area contributed by atoms with E-state index >= 15 is 9.13 Å². The molecule has 0 aliphatic rings. The molecule has 0 unspecified atom stereocenters. The monoisotopic (exact) mass is 1070 g/mol. The lowest BCUT2D eigenvalue weighted by molar-refractivity contribution is 0.385. The van der Waals surface area contributed by atoms with Gasteiger partial charge in [-0.3, -0.25) is 0 Å². The summed E-state index contributed by atoms with van der Waals surface area (Å²) in [4.78, 5) is 0. The molecular weight excluding hydrogens is 975 g/mol. The maximum absolute atomic E-state index is 16.0. The second-order valence-corrected chi connectivity index (χ2v) is 33.1. The smallest absolute Gasteiger partial charge is 0.412 e. The molecule has 0 atom stereocenters. The van der Waals surface area contributed by atoms with Crippen LogP contribution in [0, 0.1) is 0 Å². The van der Waals surface area contributed by atoms with Gasteiger partial charge < -0.3 is 18.1 Å². The van der Waals surface area contributed by atoms with Crippen LogP contribution in [0.4, 0.5) is 0 Å². The quantitative estimate of drug-likeness (QED) is 0.120. The van der Waals surface area contributed by atoms with E-state index < -0.39 is 15.2 Å². The van der Waals surface area contributed by atoms with E-state index in [0.29, 0.717) is 33.6 Å². The third-order valence-corrected chi connectivity index (χ3v) is 17.8. The average Bonchev–Trinajstić information content (AvgIpc) is 3.26. The van der Waals surface area contributed by atoms with E-state index in [1.165, 1.54) is 0 Å². The van der Waals surface area contributed by atoms with Crippen LogP contribution in [-0.4, -0.2) is 0 Å². The summed E-state index contributed by atoms with van der Waals surface area (Å²) in [6, 6.07) is 39.9. The molecule has 6 aromatic carbocycles. The van der Waals surface area contributed by atoms with Crippen molar-refractivity contribution in [2.45, 2.75) is 209 Å². The molecule has 0 spiro atoms. The van der Waals surface area contributed by atoms with E-state index in [4.69, 9.17) is 18.1 Å². The fourth-order valence-electron chi connectivity index (χ4n) is 9.09. The predicted octanol–water partition coefficient (Wildman–Crippen LogP) is 19.7. The molecular formula is C68H92O6P2. The van der Waals surface area contributed by atoms with Crippen molar-refractivity contribution >= 4 is 25.8 Å². The van der Waals surface area contributed by atoms with Crippen molar-refractivity contribution < 1.29 is 27.2 Å². The van der Waals surface area contributed by atoms with Gasteiger partial charge in [0.1, 0.15) is 23.0 Å². The minimum atomic E-state index is -4.16. The van der Waals surface area contributed by atoms with Crippen LogP contribution in [0.25, 0.3) is 11.1 Å². The van der Waals surface area contributed by atoms with Gasteiger partial charge in [0.05, 0.1) is 10.6 Å². The van der Waals surface area contributed by atoms with Crippen molar-refractivity contribution in [2.75, 3.05) is 0 Å². The molecule has 0 aromatic heterocycles. The van der Waals surface area contributed by atoms with E-state index in [2.05, 4.69) is 215 Å². The van der Waals surface area contributed by atoms with Gasteiger partial charge in [0, 0.05) is 22.3 Å². The average molecular weight is 1070 g/mol. The summed E-state index contributed by atoms with van der Waals surface area (Å²) in [5.41, 5.74) is 8.35. The lowest BCUT2D eigenvalue weighted by Gasteiger charge is -2.31. The fourth-order valence-corrected chi connectivity index (χ4v) is 12.3. The van der Waals surface area contributed by atoms with Crippen LogP contribution >= 0.6 is 15.2 Å². The van der Waals surface area contributed by atoms with Crippen LogP contribution in [-0.2, 0) is 52.5 Å². The lowest BCUT2D eigenvalue weighted by atomic mass is 9.80.